The molecule has 108 valence electrons. The van der Waals surface area contributed by atoms with Crippen molar-refractivity contribution in [3.8, 4) is 5.75 Å². The first-order chi connectivity index (χ1) is 9.66. The van der Waals surface area contributed by atoms with Gasteiger partial charge in [0.15, 0.2) is 5.75 Å². The molecule has 1 aromatic carbocycles. The monoisotopic (exact) mass is 274 g/mol. The highest BCUT2D eigenvalue weighted by atomic mass is 16.5. The second-order valence-electron chi connectivity index (χ2n) is 5.95. The summed E-state index contributed by atoms with van der Waals surface area (Å²) >= 11 is 0. The Morgan fingerprint density at radius 2 is 2.20 bits per heavy atom. The zero-order chi connectivity index (χ0) is 14.1. The number of nitrogens with one attached hydrogen (secondary N) is 1. The van der Waals surface area contributed by atoms with Crippen molar-refractivity contribution in [2.75, 3.05) is 25.0 Å². The average Bonchev–Trinajstić information content (AvgIpc) is 2.48. The van der Waals surface area contributed by atoms with E-state index >= 15 is 0 Å². The van der Waals surface area contributed by atoms with Crippen LogP contribution in [0.4, 0.5) is 5.69 Å². The van der Waals surface area contributed by atoms with Gasteiger partial charge in [-0.3, -0.25) is 4.79 Å². The summed E-state index contributed by atoms with van der Waals surface area (Å²) in [5.74, 6) is 1.40. The van der Waals surface area contributed by atoms with Gasteiger partial charge >= 0.3 is 0 Å². The molecule has 0 spiro atoms. The van der Waals surface area contributed by atoms with Crippen LogP contribution in [0.15, 0.2) is 18.2 Å². The van der Waals surface area contributed by atoms with E-state index < -0.39 is 0 Å². The predicted molar refractivity (Wildman–Crippen MR) is 79.3 cm³/mol. The van der Waals surface area contributed by atoms with Crippen LogP contribution in [-0.4, -0.2) is 36.5 Å². The lowest BCUT2D eigenvalue weighted by molar-refractivity contribution is 0.0570. The van der Waals surface area contributed by atoms with Gasteiger partial charge in [0.05, 0.1) is 11.3 Å². The molecular formula is C16H22N2O2. The topological polar surface area (TPSA) is 41.6 Å². The number of likely N-dealkylation sites (tertiary alicyclic amines) is 1. The van der Waals surface area contributed by atoms with E-state index in [0.717, 1.165) is 25.2 Å². The standard InChI is InChI=1S/C16H22N2O2/c1-11-6-7-12(2)18(10-11)16(19)13-4-3-5-14-15(13)20-9-8-17-14/h3-5,11-12,17H,6-10H2,1-2H3. The molecule has 0 aromatic heterocycles. The van der Waals surface area contributed by atoms with Gasteiger partial charge in [-0.15, -0.1) is 0 Å². The number of anilines is 1. The van der Waals surface area contributed by atoms with Crippen LogP contribution in [0, 0.1) is 5.92 Å². The number of nitrogens with zero attached hydrogens (tertiary/aromatic N) is 1. The fourth-order valence-electron chi connectivity index (χ4n) is 3.07. The number of amides is 1. The van der Waals surface area contributed by atoms with Crippen molar-refractivity contribution in [2.24, 2.45) is 5.92 Å². The van der Waals surface area contributed by atoms with E-state index in [0.29, 0.717) is 29.9 Å². The van der Waals surface area contributed by atoms with Crippen molar-refractivity contribution in [2.45, 2.75) is 32.7 Å². The van der Waals surface area contributed by atoms with E-state index in [1.807, 2.05) is 23.1 Å². The maximum absolute atomic E-state index is 12.8. The molecule has 1 amide bonds. The summed E-state index contributed by atoms with van der Waals surface area (Å²) in [6.45, 7) is 6.60. The first-order valence-corrected chi connectivity index (χ1v) is 7.47. The Hall–Kier alpha value is -1.71. The smallest absolute Gasteiger partial charge is 0.257 e. The van der Waals surface area contributed by atoms with Crippen molar-refractivity contribution >= 4 is 11.6 Å². The van der Waals surface area contributed by atoms with Crippen molar-refractivity contribution < 1.29 is 9.53 Å². The number of benzene rings is 1. The maximum atomic E-state index is 12.8. The second kappa shape index (κ2) is 5.35. The summed E-state index contributed by atoms with van der Waals surface area (Å²) in [7, 11) is 0. The minimum atomic E-state index is 0.101. The lowest BCUT2D eigenvalue weighted by atomic mass is 9.94. The molecule has 2 heterocycles. The lowest BCUT2D eigenvalue weighted by Crippen LogP contribution is -2.45. The van der Waals surface area contributed by atoms with Crippen LogP contribution in [0.5, 0.6) is 5.75 Å². The van der Waals surface area contributed by atoms with E-state index in [9.17, 15) is 4.79 Å². The average molecular weight is 274 g/mol. The van der Waals surface area contributed by atoms with Gasteiger partial charge in [0, 0.05) is 19.1 Å². The Morgan fingerprint density at radius 1 is 1.35 bits per heavy atom. The molecule has 3 rings (SSSR count). The Labute approximate surface area is 120 Å². The Bertz CT molecular complexity index is 515. The Balaban J connectivity index is 1.90. The van der Waals surface area contributed by atoms with Crippen LogP contribution < -0.4 is 10.1 Å². The van der Waals surface area contributed by atoms with E-state index in [1.54, 1.807) is 0 Å². The predicted octanol–water partition coefficient (Wildman–Crippen LogP) is 2.75. The van der Waals surface area contributed by atoms with E-state index in [4.69, 9.17) is 4.74 Å². The van der Waals surface area contributed by atoms with Crippen LogP contribution in [0.3, 0.4) is 0 Å². The van der Waals surface area contributed by atoms with E-state index in [-0.39, 0.29) is 5.91 Å². The largest absolute Gasteiger partial charge is 0.489 e. The molecule has 1 aromatic rings. The number of carbonyl (C=O) groups is 1. The van der Waals surface area contributed by atoms with Crippen LogP contribution in [0.2, 0.25) is 0 Å². The van der Waals surface area contributed by atoms with Gasteiger partial charge in [0.2, 0.25) is 0 Å². The minimum Gasteiger partial charge on any atom is -0.489 e. The van der Waals surface area contributed by atoms with Gasteiger partial charge in [0.1, 0.15) is 6.61 Å². The third-order valence-corrected chi connectivity index (χ3v) is 4.29. The summed E-state index contributed by atoms with van der Waals surface area (Å²) < 4.78 is 5.72. The molecule has 1 N–H and O–H groups in total. The summed E-state index contributed by atoms with van der Waals surface area (Å²) in [5.41, 5.74) is 1.62. The third kappa shape index (κ3) is 2.35. The van der Waals surface area contributed by atoms with Crippen molar-refractivity contribution in [3.63, 3.8) is 0 Å². The summed E-state index contributed by atoms with van der Waals surface area (Å²) in [6, 6.07) is 6.07. The van der Waals surface area contributed by atoms with Crippen LogP contribution >= 0.6 is 0 Å². The number of rotatable bonds is 1. The SMILES string of the molecule is CC1CCC(C)N(C(=O)c2cccc3c2OCCN3)C1. The normalized spacial score (nSPS) is 25.4. The number of carbonyl (C=O) groups excluding carboxylic acids is 1. The summed E-state index contributed by atoms with van der Waals surface area (Å²) in [5, 5.41) is 3.29. The second-order valence-corrected chi connectivity index (χ2v) is 5.95. The molecular weight excluding hydrogens is 252 g/mol. The van der Waals surface area contributed by atoms with Gasteiger partial charge in [-0.1, -0.05) is 13.0 Å². The van der Waals surface area contributed by atoms with Crippen molar-refractivity contribution in [1.82, 2.24) is 4.90 Å². The van der Waals surface area contributed by atoms with Crippen LogP contribution in [-0.2, 0) is 0 Å². The zero-order valence-electron chi connectivity index (χ0n) is 12.2. The number of piperidine rings is 1. The van der Waals surface area contributed by atoms with Gasteiger partial charge in [-0.05, 0) is 37.8 Å². The van der Waals surface area contributed by atoms with Crippen molar-refractivity contribution in [1.29, 1.82) is 0 Å². The fraction of sp³-hybridized carbons (Fsp3) is 0.562. The molecule has 0 saturated carbocycles. The number of fused-ring (bicyclic) bond motifs is 1. The maximum Gasteiger partial charge on any atom is 0.257 e. The molecule has 1 saturated heterocycles. The van der Waals surface area contributed by atoms with Crippen LogP contribution in [0.25, 0.3) is 0 Å². The molecule has 0 bridgehead atoms. The fourth-order valence-corrected chi connectivity index (χ4v) is 3.07. The quantitative estimate of drug-likeness (QED) is 0.856. The molecule has 2 atom stereocenters. The summed E-state index contributed by atoms with van der Waals surface area (Å²) in [4.78, 5) is 14.8. The molecule has 2 aliphatic rings. The lowest BCUT2D eigenvalue weighted by Gasteiger charge is -2.37. The first kappa shape index (κ1) is 13.3. The molecule has 0 radical (unpaired) electrons. The van der Waals surface area contributed by atoms with Gasteiger partial charge in [0.25, 0.3) is 5.91 Å². The zero-order valence-corrected chi connectivity index (χ0v) is 12.2. The third-order valence-electron chi connectivity index (χ3n) is 4.29. The van der Waals surface area contributed by atoms with Gasteiger partial charge < -0.3 is 15.0 Å². The van der Waals surface area contributed by atoms with E-state index in [2.05, 4.69) is 19.2 Å². The number of para-hydroxylation sites is 1. The summed E-state index contributed by atoms with van der Waals surface area (Å²) in [6.07, 6.45) is 2.29. The molecule has 4 nitrogen and oxygen atoms in total. The molecule has 20 heavy (non-hydrogen) atoms. The highest BCUT2D eigenvalue weighted by Gasteiger charge is 2.30. The Kier molecular flexibility index (Phi) is 3.55. The Morgan fingerprint density at radius 3 is 3.05 bits per heavy atom. The molecule has 4 heteroatoms. The minimum absolute atomic E-state index is 0.101. The van der Waals surface area contributed by atoms with Crippen molar-refractivity contribution in [3.05, 3.63) is 23.8 Å². The molecule has 1 fully saturated rings. The van der Waals surface area contributed by atoms with Crippen LogP contribution in [0.1, 0.15) is 37.0 Å². The molecule has 2 aliphatic heterocycles. The molecule has 0 aliphatic carbocycles. The number of hydrogen-bond acceptors (Lipinski definition) is 3. The van der Waals surface area contributed by atoms with Gasteiger partial charge in [-0.25, -0.2) is 0 Å². The number of hydrogen-bond donors (Lipinski definition) is 1. The number of ether oxygens (including phenoxy) is 1. The highest BCUT2D eigenvalue weighted by molar-refractivity contribution is 5.99. The van der Waals surface area contributed by atoms with Gasteiger partial charge in [-0.2, -0.15) is 0 Å². The van der Waals surface area contributed by atoms with E-state index in [1.165, 1.54) is 6.42 Å². The highest BCUT2D eigenvalue weighted by Crippen LogP contribution is 2.33. The first-order valence-electron chi connectivity index (χ1n) is 7.47. The molecule has 2 unspecified atom stereocenters.